The highest BCUT2D eigenvalue weighted by Gasteiger charge is 2.32. The molecule has 1 aliphatic rings. The minimum absolute atomic E-state index is 0.00382. The first-order valence-electron chi connectivity index (χ1n) is 8.84. The first-order valence-corrected chi connectivity index (χ1v) is 10.3. The van der Waals surface area contributed by atoms with Gasteiger partial charge in [0.1, 0.15) is 11.8 Å². The van der Waals surface area contributed by atoms with Crippen molar-refractivity contribution in [2.75, 3.05) is 33.4 Å². The number of ether oxygens (including phenoxy) is 2. The third kappa shape index (κ3) is 4.81. The van der Waals surface area contributed by atoms with Crippen molar-refractivity contribution in [3.05, 3.63) is 22.8 Å². The SMILES string of the molecule is COc1cc(C)c(S(=O)(=O)N[C@@H](CC(=O)N2CCOCC2)C(=O)O)c(C)c1C. The molecule has 0 unspecified atom stereocenters. The highest BCUT2D eigenvalue weighted by Crippen LogP contribution is 2.30. The third-order valence-corrected chi connectivity index (χ3v) is 6.57. The highest BCUT2D eigenvalue weighted by molar-refractivity contribution is 7.89. The molecule has 0 saturated carbocycles. The summed E-state index contributed by atoms with van der Waals surface area (Å²) in [5, 5.41) is 9.46. The second-order valence-corrected chi connectivity index (χ2v) is 8.34. The fourth-order valence-electron chi connectivity index (χ4n) is 3.19. The van der Waals surface area contributed by atoms with Crippen molar-refractivity contribution in [3.8, 4) is 5.75 Å². The molecule has 0 spiro atoms. The van der Waals surface area contributed by atoms with Crippen LogP contribution in [0.5, 0.6) is 5.75 Å². The lowest BCUT2D eigenvalue weighted by molar-refractivity contribution is -0.144. The minimum atomic E-state index is -4.17. The Labute approximate surface area is 164 Å². The van der Waals surface area contributed by atoms with E-state index in [1.165, 1.54) is 12.0 Å². The topological polar surface area (TPSA) is 122 Å². The molecule has 1 aromatic carbocycles. The van der Waals surface area contributed by atoms with Crippen molar-refractivity contribution in [1.29, 1.82) is 0 Å². The zero-order valence-electron chi connectivity index (χ0n) is 16.4. The normalized spacial score (nSPS) is 15.9. The van der Waals surface area contributed by atoms with Gasteiger partial charge in [0.2, 0.25) is 15.9 Å². The monoisotopic (exact) mass is 414 g/mol. The molecule has 1 fully saturated rings. The summed E-state index contributed by atoms with van der Waals surface area (Å²) in [4.78, 5) is 25.5. The number of hydrogen-bond acceptors (Lipinski definition) is 6. The van der Waals surface area contributed by atoms with Crippen LogP contribution in [0.3, 0.4) is 0 Å². The fraction of sp³-hybridized carbons (Fsp3) is 0.556. The maximum absolute atomic E-state index is 12.9. The van der Waals surface area contributed by atoms with E-state index in [0.29, 0.717) is 48.7 Å². The number of carbonyl (C=O) groups excluding carboxylic acids is 1. The predicted octanol–water partition coefficient (Wildman–Crippen LogP) is 0.601. The molecule has 1 saturated heterocycles. The molecule has 2 N–H and O–H groups in total. The number of carboxylic acids is 1. The Morgan fingerprint density at radius 1 is 1.25 bits per heavy atom. The average molecular weight is 414 g/mol. The van der Waals surface area contributed by atoms with Gasteiger partial charge in [-0.3, -0.25) is 9.59 Å². The Morgan fingerprint density at radius 2 is 1.86 bits per heavy atom. The number of amides is 1. The molecular weight excluding hydrogens is 388 g/mol. The van der Waals surface area contributed by atoms with Gasteiger partial charge in [0.05, 0.1) is 31.6 Å². The predicted molar refractivity (Wildman–Crippen MR) is 101 cm³/mol. The van der Waals surface area contributed by atoms with E-state index in [1.54, 1.807) is 26.8 Å². The van der Waals surface area contributed by atoms with Gasteiger partial charge in [-0.1, -0.05) is 0 Å². The third-order valence-electron chi connectivity index (χ3n) is 4.81. The number of rotatable bonds is 7. The van der Waals surface area contributed by atoms with Crippen LogP contribution in [0.15, 0.2) is 11.0 Å². The zero-order chi connectivity index (χ0) is 21.1. The average Bonchev–Trinajstić information content (AvgIpc) is 2.64. The first-order chi connectivity index (χ1) is 13.1. The molecule has 1 atom stereocenters. The number of benzene rings is 1. The van der Waals surface area contributed by atoms with E-state index in [2.05, 4.69) is 4.72 Å². The summed E-state index contributed by atoms with van der Waals surface area (Å²) in [6.45, 7) is 6.43. The van der Waals surface area contributed by atoms with Crippen LogP contribution in [0.2, 0.25) is 0 Å². The van der Waals surface area contributed by atoms with E-state index in [4.69, 9.17) is 9.47 Å². The summed E-state index contributed by atoms with van der Waals surface area (Å²) in [5.41, 5.74) is 1.54. The summed E-state index contributed by atoms with van der Waals surface area (Å²) in [6.07, 6.45) is -0.470. The van der Waals surface area contributed by atoms with E-state index < -0.39 is 34.4 Å². The molecule has 9 nitrogen and oxygen atoms in total. The van der Waals surface area contributed by atoms with Gasteiger partial charge in [-0.2, -0.15) is 4.72 Å². The second-order valence-electron chi connectivity index (χ2n) is 6.68. The number of nitrogens with one attached hydrogen (secondary N) is 1. The van der Waals surface area contributed by atoms with Crippen molar-refractivity contribution < 1.29 is 32.6 Å². The molecule has 1 aromatic rings. The van der Waals surface area contributed by atoms with Crippen LogP contribution < -0.4 is 9.46 Å². The van der Waals surface area contributed by atoms with Gasteiger partial charge in [0.15, 0.2) is 0 Å². The van der Waals surface area contributed by atoms with Crippen molar-refractivity contribution in [2.45, 2.75) is 38.1 Å². The Balaban J connectivity index is 2.28. The number of aryl methyl sites for hydroxylation is 1. The second kappa shape index (κ2) is 8.89. The molecule has 156 valence electrons. The molecule has 28 heavy (non-hydrogen) atoms. The number of morpholine rings is 1. The number of hydrogen-bond donors (Lipinski definition) is 2. The van der Waals surface area contributed by atoms with E-state index in [0.717, 1.165) is 0 Å². The highest BCUT2D eigenvalue weighted by atomic mass is 32.2. The van der Waals surface area contributed by atoms with Gasteiger partial charge in [0.25, 0.3) is 0 Å². The largest absolute Gasteiger partial charge is 0.496 e. The van der Waals surface area contributed by atoms with Crippen molar-refractivity contribution in [1.82, 2.24) is 9.62 Å². The molecule has 0 bridgehead atoms. The molecule has 0 aromatic heterocycles. The number of nitrogens with zero attached hydrogens (tertiary/aromatic N) is 1. The van der Waals surface area contributed by atoms with E-state index in [9.17, 15) is 23.1 Å². The summed E-state index contributed by atoms with van der Waals surface area (Å²) < 4.78 is 38.5. The fourth-order valence-corrected chi connectivity index (χ4v) is 4.90. The molecule has 2 rings (SSSR count). The van der Waals surface area contributed by atoms with Gasteiger partial charge >= 0.3 is 5.97 Å². The molecule has 0 aliphatic carbocycles. The smallest absolute Gasteiger partial charge is 0.322 e. The lowest BCUT2D eigenvalue weighted by atomic mass is 10.1. The van der Waals surface area contributed by atoms with Crippen LogP contribution in [0, 0.1) is 20.8 Å². The van der Waals surface area contributed by atoms with E-state index >= 15 is 0 Å². The van der Waals surface area contributed by atoms with Gasteiger partial charge in [-0.15, -0.1) is 0 Å². The molecule has 1 heterocycles. The van der Waals surface area contributed by atoms with Crippen molar-refractivity contribution in [2.24, 2.45) is 0 Å². The minimum Gasteiger partial charge on any atom is -0.496 e. The Hall–Kier alpha value is -2.17. The number of methoxy groups -OCH3 is 1. The van der Waals surface area contributed by atoms with Crippen LogP contribution in [-0.2, 0) is 24.3 Å². The summed E-state index contributed by atoms with van der Waals surface area (Å²) >= 11 is 0. The van der Waals surface area contributed by atoms with E-state index in [1.807, 2.05) is 0 Å². The van der Waals surface area contributed by atoms with Crippen molar-refractivity contribution >= 4 is 21.9 Å². The molecule has 1 amide bonds. The molecule has 1 aliphatic heterocycles. The lowest BCUT2D eigenvalue weighted by Crippen LogP contribution is -2.47. The quantitative estimate of drug-likeness (QED) is 0.670. The molecule has 0 radical (unpaired) electrons. The van der Waals surface area contributed by atoms with Crippen LogP contribution in [0.25, 0.3) is 0 Å². The van der Waals surface area contributed by atoms with Gasteiger partial charge in [-0.05, 0) is 43.5 Å². The Morgan fingerprint density at radius 3 is 2.39 bits per heavy atom. The summed E-state index contributed by atoms with van der Waals surface area (Å²) in [7, 11) is -2.68. The Kier molecular flexibility index (Phi) is 7.02. The molecular formula is C18H26N2O7S. The van der Waals surface area contributed by atoms with Crippen LogP contribution in [-0.4, -0.2) is 69.8 Å². The van der Waals surface area contributed by atoms with Crippen molar-refractivity contribution in [3.63, 3.8) is 0 Å². The number of carboxylic acid groups (broad SMARTS) is 1. The number of sulfonamides is 1. The van der Waals surface area contributed by atoms with Gasteiger partial charge in [-0.25, -0.2) is 8.42 Å². The van der Waals surface area contributed by atoms with Crippen LogP contribution >= 0.6 is 0 Å². The zero-order valence-corrected chi connectivity index (χ0v) is 17.3. The lowest BCUT2D eigenvalue weighted by Gasteiger charge is -2.28. The van der Waals surface area contributed by atoms with E-state index in [-0.39, 0.29) is 4.90 Å². The summed E-state index contributed by atoms with van der Waals surface area (Å²) in [5.74, 6) is -1.30. The Bertz CT molecular complexity index is 861. The molecule has 10 heteroatoms. The van der Waals surface area contributed by atoms with Gasteiger partial charge in [0, 0.05) is 13.1 Å². The summed E-state index contributed by atoms with van der Waals surface area (Å²) in [6, 6.07) is 0.0208. The number of aliphatic carboxylic acids is 1. The van der Waals surface area contributed by atoms with Crippen LogP contribution in [0.1, 0.15) is 23.1 Å². The number of carbonyl (C=O) groups is 2. The first kappa shape index (κ1) is 22.1. The van der Waals surface area contributed by atoms with Gasteiger partial charge < -0.3 is 19.5 Å². The van der Waals surface area contributed by atoms with Crippen LogP contribution in [0.4, 0.5) is 0 Å². The maximum Gasteiger partial charge on any atom is 0.322 e. The maximum atomic E-state index is 12.9. The standard InChI is InChI=1S/C18H26N2O7S/c1-11-9-15(26-4)12(2)13(3)17(11)28(24,25)19-14(18(22)23)10-16(21)20-5-7-27-8-6-20/h9,14,19H,5-8,10H2,1-4H3,(H,22,23)/t14-/m0/s1.